The largest absolute Gasteiger partial charge is 1.00 e. The van der Waals surface area contributed by atoms with Gasteiger partial charge in [-0.1, -0.05) is 143 Å². The number of hydrogen-bond acceptors (Lipinski definition) is 33. The van der Waals surface area contributed by atoms with E-state index >= 15 is 0 Å². The number of hydrogen-bond donors (Lipinski definition) is 8. The molecule has 13 aromatic rings. The van der Waals surface area contributed by atoms with Crippen molar-refractivity contribution in [3.63, 3.8) is 0 Å². The van der Waals surface area contributed by atoms with Gasteiger partial charge in [-0.25, -0.2) is 48.2 Å². The molecule has 0 aromatic heterocycles. The Morgan fingerprint density at radius 3 is 1.68 bits per heavy atom. The Balaban J connectivity index is 0.000000253. The Morgan fingerprint density at radius 2 is 1.09 bits per heavy atom. The van der Waals surface area contributed by atoms with E-state index < -0.39 is 67.8 Å². The molecule has 0 fully saturated rings. The minimum Gasteiger partial charge on any atom is -0.872 e. The number of fused-ring (bicyclic) bond motifs is 5. The van der Waals surface area contributed by atoms with E-state index in [-0.39, 0.29) is 236 Å². The van der Waals surface area contributed by atoms with Crippen LogP contribution in [0, 0.1) is 12.8 Å². The quantitative estimate of drug-likeness (QED) is 0.00463. The molecule has 2 aliphatic rings. The van der Waals surface area contributed by atoms with Crippen molar-refractivity contribution in [3.05, 3.63) is 286 Å². The first-order valence-corrected chi connectivity index (χ1v) is 52.2. The second-order valence-corrected chi connectivity index (χ2v) is 40.8. The van der Waals surface area contributed by atoms with Gasteiger partial charge < -0.3 is 60.8 Å². The van der Waals surface area contributed by atoms with Gasteiger partial charge in [0.25, 0.3) is 5.91 Å². The number of anilines is 3. The molecule has 1 aliphatic heterocycles. The first-order valence-electron chi connectivity index (χ1n) is 45.8. The zero-order valence-electron chi connectivity index (χ0n) is 84.1. The number of rotatable bonds is 37. The third-order valence-electron chi connectivity index (χ3n) is 23.6. The van der Waals surface area contributed by atoms with Crippen molar-refractivity contribution in [1.29, 1.82) is 0 Å². The molecule has 8 N–H and O–H groups in total. The van der Waals surface area contributed by atoms with Crippen LogP contribution in [0.4, 0.5) is 62.6 Å². The number of sulfonamides is 1. The minimum absolute atomic E-state index is 0. The number of phenols is 1. The maximum absolute atomic E-state index is 13.7. The number of azo groups is 4. The third-order valence-corrected chi connectivity index (χ3v) is 28.3. The molecule has 0 radical (unpaired) electrons. The summed E-state index contributed by atoms with van der Waals surface area (Å²) >= 11 is 0.408. The van der Waals surface area contributed by atoms with Gasteiger partial charge in [0, 0.05) is 99.6 Å². The van der Waals surface area contributed by atoms with E-state index in [1.165, 1.54) is 109 Å². The molecular formula is C103H104N15Na4O21S5-. The molecule has 13 aromatic carbocycles. The smallest absolute Gasteiger partial charge is 0.872 e. The number of carbonyl (C=O) groups excluding carboxylic acids is 3. The Hall–Kier alpha value is -10.0. The Morgan fingerprint density at radius 1 is 0.534 bits per heavy atom. The SMILES string of the molecule is CCC(C)NCc1ccc(N=Nc2c(O)ccc3cc(S(=O)(=O)[O-])ccc23)cc1.CCC(C)NCc1ccc(N=Nc2ccc([O-])c(C(=O)O)c2)cc1.CCC(C)NS(=O)(=O)c1ccc(N=Nc2cc3c(N=Nc4ccc(Nc5ccccc5)c5c(S(=O)(=O)[O-])cccc45)cc(S(=O)(=O)[O-])cc3cc2SOO[O-])cc1.CCCCC(CC(C)Nc1cc(C)c2c3c1C(=O)c1ccccc1C=3C(C)C(=O)N=2)NC(C)=O.[Na+].[Na+].[Na+].[Na+]. The van der Waals surface area contributed by atoms with Crippen LogP contribution in [0.2, 0.25) is 0 Å². The monoisotopic (exact) mass is 2140 g/mol. The predicted octanol–water partition coefficient (Wildman–Crippen LogP) is 7.63. The molecule has 6 unspecified atom stereocenters. The fraction of sp³-hybridized carbons (Fsp3) is 0.252. The number of phenolic OH excluding ortho intramolecular Hbond substituents is 1. The summed E-state index contributed by atoms with van der Waals surface area (Å²) in [5.41, 5.74) is 9.42. The number of aryl methyl sites for hydroxylation is 1. The van der Waals surface area contributed by atoms with Gasteiger partial charge >= 0.3 is 124 Å². The number of para-hydroxylation sites is 1. The van der Waals surface area contributed by atoms with E-state index in [2.05, 4.69) is 128 Å². The van der Waals surface area contributed by atoms with E-state index in [0.29, 0.717) is 80.6 Å². The maximum atomic E-state index is 13.7. The first kappa shape index (κ1) is 123. The Bertz CT molecular complexity index is 7750. The molecule has 45 heteroatoms. The van der Waals surface area contributed by atoms with Gasteiger partial charge in [-0.3, -0.25) is 19.4 Å². The van der Waals surface area contributed by atoms with E-state index in [0.717, 1.165) is 109 Å². The van der Waals surface area contributed by atoms with Crippen molar-refractivity contribution < 1.29 is 215 Å². The number of carbonyl (C=O) groups is 4. The average Bonchev–Trinajstić information content (AvgIpc) is 0.711. The molecule has 752 valence electrons. The molecule has 1 aliphatic carbocycles. The van der Waals surface area contributed by atoms with Gasteiger partial charge in [0.1, 0.15) is 47.5 Å². The van der Waals surface area contributed by atoms with Gasteiger partial charge in [-0.2, -0.15) is 24.8 Å². The number of nitrogens with zero attached hydrogens (tertiary/aromatic N) is 9. The van der Waals surface area contributed by atoms with E-state index in [4.69, 9.17) is 5.11 Å². The normalized spacial score (nSPS) is 13.8. The number of nitrogens with one attached hydrogen (secondary N) is 6. The topological polar surface area (TPSA) is 562 Å². The number of carboxylic acids is 1. The van der Waals surface area contributed by atoms with Crippen molar-refractivity contribution in [2.75, 3.05) is 10.6 Å². The van der Waals surface area contributed by atoms with Gasteiger partial charge in [-0.05, 0) is 252 Å². The number of aromatic hydroxyl groups is 1. The van der Waals surface area contributed by atoms with Gasteiger partial charge in [0.2, 0.25) is 15.9 Å². The summed E-state index contributed by atoms with van der Waals surface area (Å²) in [4.78, 5) is 52.0. The molecule has 6 atom stereocenters. The van der Waals surface area contributed by atoms with E-state index in [1.54, 1.807) is 44.2 Å². The average molecular weight is 2140 g/mol. The summed E-state index contributed by atoms with van der Waals surface area (Å²) in [5.74, 6) is -2.57. The van der Waals surface area contributed by atoms with Crippen LogP contribution >= 0.6 is 12.0 Å². The van der Waals surface area contributed by atoms with Crippen molar-refractivity contribution in [1.82, 2.24) is 20.7 Å². The predicted molar refractivity (Wildman–Crippen MR) is 541 cm³/mol. The van der Waals surface area contributed by atoms with Crippen LogP contribution in [0.25, 0.3) is 37.9 Å². The number of amides is 2. The fourth-order valence-corrected chi connectivity index (χ4v) is 19.1. The van der Waals surface area contributed by atoms with Crippen molar-refractivity contribution in [2.24, 2.45) is 51.8 Å². The summed E-state index contributed by atoms with van der Waals surface area (Å²) in [7, 11) is -18.4. The molecule has 36 nitrogen and oxygen atoms in total. The number of aromatic carboxylic acids is 1. The number of ketones is 1. The molecule has 0 saturated heterocycles. The second-order valence-electron chi connectivity index (χ2n) is 34.2. The second kappa shape index (κ2) is 56.4. The van der Waals surface area contributed by atoms with Crippen LogP contribution in [0.1, 0.15) is 163 Å². The Labute approximate surface area is 950 Å². The minimum atomic E-state index is -5.06. The van der Waals surface area contributed by atoms with Crippen LogP contribution in [-0.4, -0.2) is 111 Å². The fourth-order valence-electron chi connectivity index (χ4n) is 15.5. The molecule has 148 heavy (non-hydrogen) atoms. The van der Waals surface area contributed by atoms with E-state index in [1.807, 2.05) is 99.6 Å². The third kappa shape index (κ3) is 33.0. The Kier molecular flexibility index (Phi) is 46.9. The van der Waals surface area contributed by atoms with Gasteiger partial charge in [0.05, 0.1) is 93.0 Å². The summed E-state index contributed by atoms with van der Waals surface area (Å²) in [6, 6.07) is 62.2. The number of carboxylic acid groups (broad SMARTS) is 1. The number of benzene rings is 13. The molecular weight excluding hydrogens is 2040 g/mol. The van der Waals surface area contributed by atoms with Crippen LogP contribution in [0.3, 0.4) is 0 Å². The van der Waals surface area contributed by atoms with Crippen molar-refractivity contribution in [2.45, 2.75) is 189 Å². The maximum Gasteiger partial charge on any atom is 1.00 e. The zero-order chi connectivity index (χ0) is 104. The molecule has 1 heterocycles. The number of unbranched alkanes of at least 4 members (excludes halogenated alkanes) is 1. The molecule has 0 saturated carbocycles. The molecule has 0 spiro atoms. The molecule has 15 rings (SSSR count). The van der Waals surface area contributed by atoms with Gasteiger partial charge in [-0.15, -0.1) is 20.5 Å². The summed E-state index contributed by atoms with van der Waals surface area (Å²) in [5, 5.41) is 97.5. The van der Waals surface area contributed by atoms with Crippen molar-refractivity contribution in [3.8, 4) is 11.5 Å². The van der Waals surface area contributed by atoms with Crippen LogP contribution < -0.4 is 170 Å². The van der Waals surface area contributed by atoms with Crippen LogP contribution in [0.5, 0.6) is 11.5 Å². The molecule has 0 bridgehead atoms. The summed E-state index contributed by atoms with van der Waals surface area (Å²) in [6.07, 6.45) is 6.50. The zero-order valence-corrected chi connectivity index (χ0v) is 96.1. The van der Waals surface area contributed by atoms with Gasteiger partial charge in [0.15, 0.2) is 5.78 Å². The molecule has 2 amide bonds. The van der Waals surface area contributed by atoms with Crippen LogP contribution in [0.15, 0.2) is 307 Å². The summed E-state index contributed by atoms with van der Waals surface area (Å²) < 4.78 is 140. The summed E-state index contributed by atoms with van der Waals surface area (Å²) in [6.45, 7) is 23.2. The van der Waals surface area contributed by atoms with Crippen LogP contribution in [-0.2, 0) is 72.4 Å². The van der Waals surface area contributed by atoms with E-state index in [9.17, 15) is 82.0 Å². The first-order chi connectivity index (χ1) is 68.6. The standard InChI is InChI=1S/C36H32N6O11S4.C28H33N3O3.C21H23N3O4S.C18H21N3O3.4Na/c1-3-22(2)42-55(44,45)26-14-12-25(13-15-26)38-41-33-21-29-23(19-34(33)54-53-52-43)18-27(56(46,47)48)20-32(29)40-39-30-16-17-31(37-24-8-5-4-6-9-24)36-28(30)10-7-11-35(36)57(49,50)51;1-6-7-10-19(30-18(5)32)14-16(3)29-22-13-15(2)26-25-23(17(4)28(34)31-26)20-11-8-9-12-21(20)27(33)24(22)25;1-3-14(2)22-13-15-4-7-17(8-5-15)23-24-21-19-10-9-18(29(26,27)28)12-16(19)6-11-20(21)25;1-3-12(2)19-11-13-4-6-14(7-5-13)20-21-15-8-9-17(22)16(10-15)18(23)24;;;;/h4-22,37,42-43H,3H2,1-2H3,(H,46,47,48)(H,49,50,51);8-9,11-13,16-17,19,29H,6-7,10,14H2,1-5H3,(H,30,32);4-12,14,22,25H,3,13H2,1-2H3,(H,26,27,28);4-10,12,19,22H,3,11H2,1-2H3,(H,23,24);;;;/q;;;;4*+1/p-5. The van der Waals surface area contributed by atoms with Crippen molar-refractivity contribution >= 4 is 176 Å².